The first-order valence-corrected chi connectivity index (χ1v) is 8.26. The maximum absolute atomic E-state index is 12.7. The van der Waals surface area contributed by atoms with Crippen LogP contribution in [0.15, 0.2) is 0 Å². The van der Waals surface area contributed by atoms with Crippen LogP contribution in [0.2, 0.25) is 0 Å². The number of nitrogens with zero attached hydrogens (tertiary/aromatic N) is 1. The fourth-order valence-electron chi connectivity index (χ4n) is 3.11. The van der Waals surface area contributed by atoms with Crippen LogP contribution in [0.25, 0.3) is 0 Å². The highest BCUT2D eigenvalue weighted by molar-refractivity contribution is 7.11. The predicted octanol–water partition coefficient (Wildman–Crippen LogP) is 2.72. The van der Waals surface area contributed by atoms with Crippen molar-refractivity contribution in [3.8, 4) is 0 Å². The second kappa shape index (κ2) is 6.22. The van der Waals surface area contributed by atoms with Crippen LogP contribution in [-0.4, -0.2) is 24.0 Å². The summed E-state index contributed by atoms with van der Waals surface area (Å²) in [6.45, 7) is 9.98. The van der Waals surface area contributed by atoms with Crippen molar-refractivity contribution in [3.05, 3.63) is 15.6 Å². The maximum atomic E-state index is 12.7. The molecule has 1 fully saturated rings. The van der Waals surface area contributed by atoms with E-state index in [1.54, 1.807) is 11.3 Å². The second-order valence-corrected chi connectivity index (χ2v) is 7.07. The van der Waals surface area contributed by atoms with Gasteiger partial charge in [-0.25, -0.2) is 4.98 Å². The molecule has 0 aliphatic carbocycles. The summed E-state index contributed by atoms with van der Waals surface area (Å²) in [7, 11) is 0. The number of nitrogens with one attached hydrogen (secondary N) is 2. The minimum atomic E-state index is -0.212. The first-order chi connectivity index (χ1) is 9.48. The van der Waals surface area contributed by atoms with E-state index in [1.807, 2.05) is 13.8 Å². The minimum Gasteiger partial charge on any atom is -0.348 e. The molecule has 2 heterocycles. The van der Waals surface area contributed by atoms with Crippen molar-refractivity contribution in [2.75, 3.05) is 13.1 Å². The Kier molecular flexibility index (Phi) is 4.81. The van der Waals surface area contributed by atoms with Gasteiger partial charge in [0.2, 0.25) is 5.91 Å². The average Bonchev–Trinajstić information content (AvgIpc) is 2.97. The van der Waals surface area contributed by atoms with E-state index in [4.69, 9.17) is 0 Å². The molecule has 5 heteroatoms. The maximum Gasteiger partial charge on any atom is 0.228 e. The summed E-state index contributed by atoms with van der Waals surface area (Å²) in [4.78, 5) is 18.3. The zero-order chi connectivity index (χ0) is 14.8. The van der Waals surface area contributed by atoms with Gasteiger partial charge in [0.15, 0.2) is 0 Å². The van der Waals surface area contributed by atoms with E-state index in [0.717, 1.165) is 43.1 Å². The number of hydrogen-bond donors (Lipinski definition) is 2. The van der Waals surface area contributed by atoms with E-state index < -0.39 is 0 Å². The fourth-order valence-corrected chi connectivity index (χ4v) is 4.04. The molecule has 1 amide bonds. The third-order valence-corrected chi connectivity index (χ3v) is 5.39. The third kappa shape index (κ3) is 3.04. The van der Waals surface area contributed by atoms with Crippen molar-refractivity contribution in [1.82, 2.24) is 15.6 Å². The van der Waals surface area contributed by atoms with Crippen LogP contribution in [0.5, 0.6) is 0 Å². The molecule has 112 valence electrons. The molecule has 0 spiro atoms. The molecule has 1 aromatic rings. The van der Waals surface area contributed by atoms with Crippen LogP contribution >= 0.6 is 11.3 Å². The number of carbonyl (C=O) groups excluding carboxylic acids is 1. The van der Waals surface area contributed by atoms with Gasteiger partial charge < -0.3 is 10.6 Å². The first kappa shape index (κ1) is 15.4. The number of hydrogen-bond acceptors (Lipinski definition) is 4. The highest BCUT2D eigenvalue weighted by Crippen LogP contribution is 2.33. The minimum absolute atomic E-state index is 0.0445. The van der Waals surface area contributed by atoms with Crippen molar-refractivity contribution in [3.63, 3.8) is 0 Å². The van der Waals surface area contributed by atoms with Gasteiger partial charge in [-0.15, -0.1) is 11.3 Å². The zero-order valence-electron chi connectivity index (χ0n) is 12.9. The molecule has 0 bridgehead atoms. The summed E-state index contributed by atoms with van der Waals surface area (Å²) in [5, 5.41) is 7.61. The van der Waals surface area contributed by atoms with Gasteiger partial charge in [-0.05, 0) is 40.2 Å². The molecule has 4 nitrogen and oxygen atoms in total. The van der Waals surface area contributed by atoms with Gasteiger partial charge >= 0.3 is 0 Å². The van der Waals surface area contributed by atoms with Crippen molar-refractivity contribution in [1.29, 1.82) is 0 Å². The Bertz CT molecular complexity index is 477. The van der Waals surface area contributed by atoms with Crippen molar-refractivity contribution >= 4 is 17.2 Å². The van der Waals surface area contributed by atoms with E-state index in [-0.39, 0.29) is 17.4 Å². The quantitative estimate of drug-likeness (QED) is 0.878. The summed E-state index contributed by atoms with van der Waals surface area (Å²) in [6, 6.07) is 0.0445. The van der Waals surface area contributed by atoms with Crippen molar-refractivity contribution in [2.45, 2.75) is 53.0 Å². The molecule has 1 aromatic heterocycles. The number of carbonyl (C=O) groups is 1. The SMILES string of the molecule is CCCC1(C(=O)NC(C)c2sc(C)nc2C)CCNC1. The molecule has 0 saturated carbocycles. The van der Waals surface area contributed by atoms with Crippen molar-refractivity contribution in [2.24, 2.45) is 5.41 Å². The summed E-state index contributed by atoms with van der Waals surface area (Å²) >= 11 is 1.68. The lowest BCUT2D eigenvalue weighted by atomic mass is 9.81. The predicted molar refractivity (Wildman–Crippen MR) is 83.0 cm³/mol. The van der Waals surface area contributed by atoms with Crippen molar-refractivity contribution < 1.29 is 4.79 Å². The highest BCUT2D eigenvalue weighted by Gasteiger charge is 2.40. The molecular weight excluding hydrogens is 270 g/mol. The highest BCUT2D eigenvalue weighted by atomic mass is 32.1. The van der Waals surface area contributed by atoms with Crippen LogP contribution in [0.3, 0.4) is 0 Å². The van der Waals surface area contributed by atoms with Gasteiger partial charge in [0.1, 0.15) is 0 Å². The van der Waals surface area contributed by atoms with E-state index in [1.165, 1.54) is 4.88 Å². The summed E-state index contributed by atoms with van der Waals surface area (Å²) in [5.41, 5.74) is 0.825. The molecule has 0 radical (unpaired) electrons. The number of rotatable bonds is 5. The van der Waals surface area contributed by atoms with Gasteiger partial charge in [0, 0.05) is 11.4 Å². The zero-order valence-corrected chi connectivity index (χ0v) is 13.7. The molecule has 2 N–H and O–H groups in total. The van der Waals surface area contributed by atoms with Crippen LogP contribution in [0.1, 0.15) is 54.7 Å². The van der Waals surface area contributed by atoms with Crippen LogP contribution in [-0.2, 0) is 4.79 Å². The van der Waals surface area contributed by atoms with Gasteiger partial charge in [-0.3, -0.25) is 4.79 Å². The molecule has 1 aliphatic heterocycles. The largest absolute Gasteiger partial charge is 0.348 e. The van der Waals surface area contributed by atoms with Crippen LogP contribution < -0.4 is 10.6 Å². The molecule has 20 heavy (non-hydrogen) atoms. The van der Waals surface area contributed by atoms with Gasteiger partial charge in [0.25, 0.3) is 0 Å². The molecule has 2 unspecified atom stereocenters. The topological polar surface area (TPSA) is 54.0 Å². The Labute approximate surface area is 125 Å². The Morgan fingerprint density at radius 3 is 2.80 bits per heavy atom. The lowest BCUT2D eigenvalue weighted by molar-refractivity contribution is -0.131. The van der Waals surface area contributed by atoms with Gasteiger partial charge in [0.05, 0.1) is 22.2 Å². The number of thiazole rings is 1. The standard InChI is InChI=1S/C15H25N3OS/c1-5-6-15(7-8-16-9-15)14(19)18-11(3)13-10(2)17-12(4)20-13/h11,16H,5-9H2,1-4H3,(H,18,19). The summed E-state index contributed by atoms with van der Waals surface area (Å²) in [5.74, 6) is 0.197. The Morgan fingerprint density at radius 1 is 1.55 bits per heavy atom. The monoisotopic (exact) mass is 295 g/mol. The second-order valence-electron chi connectivity index (χ2n) is 5.83. The Balaban J connectivity index is 2.08. The van der Waals surface area contributed by atoms with Gasteiger partial charge in [-0.2, -0.15) is 0 Å². The molecular formula is C15H25N3OS. The normalized spacial score (nSPS) is 23.8. The molecule has 1 aliphatic rings. The van der Waals surface area contributed by atoms with Crippen LogP contribution in [0, 0.1) is 19.3 Å². The summed E-state index contributed by atoms with van der Waals surface area (Å²) < 4.78 is 0. The lowest BCUT2D eigenvalue weighted by Gasteiger charge is -2.28. The Hall–Kier alpha value is -0.940. The van der Waals surface area contributed by atoms with E-state index in [2.05, 4.69) is 29.5 Å². The van der Waals surface area contributed by atoms with E-state index in [0.29, 0.717) is 0 Å². The van der Waals surface area contributed by atoms with Crippen LogP contribution in [0.4, 0.5) is 0 Å². The number of aryl methyl sites for hydroxylation is 2. The van der Waals surface area contributed by atoms with E-state index >= 15 is 0 Å². The smallest absolute Gasteiger partial charge is 0.228 e. The van der Waals surface area contributed by atoms with Gasteiger partial charge in [-0.1, -0.05) is 13.3 Å². The molecule has 2 rings (SSSR count). The third-order valence-electron chi connectivity index (χ3n) is 4.13. The average molecular weight is 295 g/mol. The first-order valence-electron chi connectivity index (χ1n) is 7.44. The molecule has 2 atom stereocenters. The number of aromatic nitrogens is 1. The lowest BCUT2D eigenvalue weighted by Crippen LogP contribution is -2.43. The summed E-state index contributed by atoms with van der Waals surface area (Å²) in [6.07, 6.45) is 2.95. The number of amides is 1. The molecule has 1 saturated heterocycles. The Morgan fingerprint density at radius 2 is 2.30 bits per heavy atom. The fraction of sp³-hybridized carbons (Fsp3) is 0.733. The van der Waals surface area contributed by atoms with E-state index in [9.17, 15) is 4.79 Å². The molecule has 0 aromatic carbocycles.